The molecule has 0 atom stereocenters. The molecule has 0 N–H and O–H groups in total. The molecule has 0 amide bonds. The lowest BCUT2D eigenvalue weighted by molar-refractivity contribution is 0.623. The van der Waals surface area contributed by atoms with Gasteiger partial charge in [-0.05, 0) is 34.3 Å². The van der Waals surface area contributed by atoms with E-state index in [9.17, 15) is 4.39 Å². The van der Waals surface area contributed by atoms with Gasteiger partial charge in [0, 0.05) is 20.4 Å². The zero-order valence-corrected chi connectivity index (χ0v) is 10.0. The molecule has 13 heavy (non-hydrogen) atoms. The molecular formula is C9H6BrFS2. The molecule has 0 radical (unpaired) electrons. The summed E-state index contributed by atoms with van der Waals surface area (Å²) in [6.07, 6.45) is 2.03. The van der Waals surface area contributed by atoms with Gasteiger partial charge in [-0.25, -0.2) is 4.39 Å². The van der Waals surface area contributed by atoms with E-state index in [0.717, 1.165) is 10.1 Å². The second kappa shape index (κ2) is 3.59. The van der Waals surface area contributed by atoms with Crippen molar-refractivity contribution in [1.82, 2.24) is 0 Å². The summed E-state index contributed by atoms with van der Waals surface area (Å²) in [6, 6.07) is 3.41. The highest BCUT2D eigenvalue weighted by molar-refractivity contribution is 9.10. The van der Waals surface area contributed by atoms with Crippen LogP contribution in [0, 0.1) is 5.82 Å². The fourth-order valence-electron chi connectivity index (χ4n) is 1.16. The van der Waals surface area contributed by atoms with Crippen molar-refractivity contribution in [2.24, 2.45) is 0 Å². The van der Waals surface area contributed by atoms with Crippen molar-refractivity contribution in [1.29, 1.82) is 0 Å². The smallest absolute Gasteiger partial charge is 0.138 e. The van der Waals surface area contributed by atoms with Crippen molar-refractivity contribution in [3.63, 3.8) is 0 Å². The number of hydrogen-bond donors (Lipinski definition) is 0. The topological polar surface area (TPSA) is 0 Å². The molecule has 1 aromatic heterocycles. The van der Waals surface area contributed by atoms with Crippen molar-refractivity contribution in [2.45, 2.75) is 4.90 Å². The summed E-state index contributed by atoms with van der Waals surface area (Å²) in [7, 11) is 0. The Morgan fingerprint density at radius 2 is 2.23 bits per heavy atom. The van der Waals surface area contributed by atoms with E-state index in [4.69, 9.17) is 0 Å². The number of thioether (sulfide) groups is 1. The Labute approximate surface area is 92.3 Å². The lowest BCUT2D eigenvalue weighted by Crippen LogP contribution is -1.75. The molecule has 0 aliphatic rings. The van der Waals surface area contributed by atoms with Gasteiger partial charge < -0.3 is 0 Å². The van der Waals surface area contributed by atoms with Gasteiger partial charge in [0.1, 0.15) is 5.82 Å². The predicted octanol–water partition coefficient (Wildman–Crippen LogP) is 4.52. The second-order valence-electron chi connectivity index (χ2n) is 2.57. The average molecular weight is 277 g/mol. The summed E-state index contributed by atoms with van der Waals surface area (Å²) in [5.74, 6) is -0.193. The lowest BCUT2D eigenvalue weighted by atomic mass is 10.2. The van der Waals surface area contributed by atoms with Crippen LogP contribution in [0.5, 0.6) is 0 Å². The first-order chi connectivity index (χ1) is 6.22. The Morgan fingerprint density at radius 3 is 2.92 bits per heavy atom. The summed E-state index contributed by atoms with van der Waals surface area (Å²) in [5, 5.41) is 3.19. The molecule has 0 nitrogen and oxygen atoms in total. The molecule has 0 bridgehead atoms. The molecule has 4 heteroatoms. The Kier molecular flexibility index (Phi) is 2.62. The first-order valence-corrected chi connectivity index (χ1v) is 6.52. The molecule has 2 rings (SSSR count). The van der Waals surface area contributed by atoms with Crippen molar-refractivity contribution in [3.05, 3.63) is 27.8 Å². The van der Waals surface area contributed by atoms with Gasteiger partial charge in [0.25, 0.3) is 0 Å². The molecule has 0 spiro atoms. The summed E-state index contributed by atoms with van der Waals surface area (Å²) in [6.45, 7) is 0. The maximum absolute atomic E-state index is 13.1. The maximum Gasteiger partial charge on any atom is 0.138 e. The lowest BCUT2D eigenvalue weighted by Gasteiger charge is -1.96. The van der Waals surface area contributed by atoms with E-state index in [2.05, 4.69) is 21.3 Å². The van der Waals surface area contributed by atoms with Crippen molar-refractivity contribution >= 4 is 49.1 Å². The number of fused-ring (bicyclic) bond motifs is 1. The molecule has 0 saturated heterocycles. The van der Waals surface area contributed by atoms with Crippen LogP contribution in [0.1, 0.15) is 0 Å². The highest BCUT2D eigenvalue weighted by atomic mass is 79.9. The number of benzene rings is 1. The number of hydrogen-bond acceptors (Lipinski definition) is 2. The summed E-state index contributed by atoms with van der Waals surface area (Å²) in [5.41, 5.74) is 0. The fourth-order valence-corrected chi connectivity index (χ4v) is 3.31. The Morgan fingerprint density at radius 1 is 1.46 bits per heavy atom. The quantitative estimate of drug-likeness (QED) is 0.690. The van der Waals surface area contributed by atoms with Crippen LogP contribution in [-0.2, 0) is 0 Å². The summed E-state index contributed by atoms with van der Waals surface area (Å²) in [4.78, 5) is 1.21. The van der Waals surface area contributed by atoms with E-state index in [1.54, 1.807) is 29.2 Å². The molecule has 2 aromatic rings. The number of rotatable bonds is 1. The Balaban J connectivity index is 2.77. The van der Waals surface area contributed by atoms with Gasteiger partial charge in [-0.2, -0.15) is 0 Å². The zero-order chi connectivity index (χ0) is 9.42. The van der Waals surface area contributed by atoms with Crippen molar-refractivity contribution in [2.75, 3.05) is 6.26 Å². The predicted molar refractivity (Wildman–Crippen MR) is 61.3 cm³/mol. The van der Waals surface area contributed by atoms with Gasteiger partial charge in [-0.3, -0.25) is 0 Å². The average Bonchev–Trinajstić information content (AvgIpc) is 2.48. The third-order valence-corrected chi connectivity index (χ3v) is 4.28. The molecular weight excluding hydrogens is 271 g/mol. The van der Waals surface area contributed by atoms with E-state index in [0.29, 0.717) is 4.47 Å². The van der Waals surface area contributed by atoms with Crippen molar-refractivity contribution in [3.8, 4) is 0 Å². The van der Waals surface area contributed by atoms with Crippen LogP contribution >= 0.6 is 39.0 Å². The molecule has 0 saturated carbocycles. The van der Waals surface area contributed by atoms with E-state index in [1.807, 2.05) is 12.3 Å². The van der Waals surface area contributed by atoms with Crippen LogP contribution in [0.15, 0.2) is 26.9 Å². The summed E-state index contributed by atoms with van der Waals surface area (Å²) < 4.78 is 14.7. The van der Waals surface area contributed by atoms with Gasteiger partial charge in [0.05, 0.1) is 4.47 Å². The van der Waals surface area contributed by atoms with E-state index >= 15 is 0 Å². The highest BCUT2D eigenvalue weighted by Crippen LogP contribution is 2.35. The minimum Gasteiger partial charge on any atom is -0.206 e. The van der Waals surface area contributed by atoms with Crippen molar-refractivity contribution < 1.29 is 4.39 Å². The second-order valence-corrected chi connectivity index (χ2v) is 5.18. The highest BCUT2D eigenvalue weighted by Gasteiger charge is 2.07. The van der Waals surface area contributed by atoms with Crippen LogP contribution in [0.3, 0.4) is 0 Å². The minimum absolute atomic E-state index is 0.193. The fraction of sp³-hybridized carbons (Fsp3) is 0.111. The monoisotopic (exact) mass is 276 g/mol. The van der Waals surface area contributed by atoms with Gasteiger partial charge in [0.2, 0.25) is 0 Å². The molecule has 1 heterocycles. The zero-order valence-electron chi connectivity index (χ0n) is 6.80. The van der Waals surface area contributed by atoms with E-state index in [1.165, 1.54) is 4.90 Å². The molecule has 68 valence electrons. The third-order valence-electron chi connectivity index (χ3n) is 1.80. The van der Waals surface area contributed by atoms with Crippen LogP contribution < -0.4 is 0 Å². The Bertz CT molecular complexity index is 450. The van der Waals surface area contributed by atoms with E-state index in [-0.39, 0.29) is 5.82 Å². The first-order valence-electron chi connectivity index (χ1n) is 3.62. The molecule has 0 aliphatic heterocycles. The van der Waals surface area contributed by atoms with Crippen LogP contribution in [0.25, 0.3) is 10.1 Å². The number of thiophene rings is 1. The third kappa shape index (κ3) is 1.63. The minimum atomic E-state index is -0.193. The summed E-state index contributed by atoms with van der Waals surface area (Å²) >= 11 is 6.45. The maximum atomic E-state index is 13.1. The van der Waals surface area contributed by atoms with Gasteiger partial charge in [-0.1, -0.05) is 0 Å². The van der Waals surface area contributed by atoms with Gasteiger partial charge in [-0.15, -0.1) is 23.1 Å². The van der Waals surface area contributed by atoms with Gasteiger partial charge >= 0.3 is 0 Å². The number of halogens is 2. The normalized spacial score (nSPS) is 11.0. The van der Waals surface area contributed by atoms with Gasteiger partial charge in [0.15, 0.2) is 0 Å². The van der Waals surface area contributed by atoms with Crippen LogP contribution in [0.2, 0.25) is 0 Å². The molecule has 0 fully saturated rings. The molecule has 1 aromatic carbocycles. The first kappa shape index (κ1) is 9.49. The van der Waals surface area contributed by atoms with E-state index < -0.39 is 0 Å². The standard InChI is InChI=1S/C9H6BrFS2/c1-12-9-4-13-8-3-7(11)6(10)2-5(8)9/h2-4H,1H3. The Hall–Kier alpha value is -0.0600. The molecule has 0 aliphatic carbocycles. The van der Waals surface area contributed by atoms with Crippen LogP contribution in [0.4, 0.5) is 4.39 Å². The largest absolute Gasteiger partial charge is 0.206 e. The van der Waals surface area contributed by atoms with Crippen LogP contribution in [-0.4, -0.2) is 6.26 Å². The molecule has 0 unspecified atom stereocenters. The SMILES string of the molecule is CSc1csc2cc(F)c(Br)cc12.